The van der Waals surface area contributed by atoms with Crippen molar-refractivity contribution < 1.29 is 21.4 Å². The summed E-state index contributed by atoms with van der Waals surface area (Å²) in [6, 6.07) is 0. The topological polar surface area (TPSA) is 43.4 Å². The van der Waals surface area contributed by atoms with Crippen molar-refractivity contribution in [2.75, 3.05) is 6.61 Å². The zero-order valence-electron chi connectivity index (χ0n) is 4.75. The summed E-state index contributed by atoms with van der Waals surface area (Å²) in [6.45, 7) is -0.629. The van der Waals surface area contributed by atoms with E-state index in [1.165, 1.54) is 0 Å². The van der Waals surface area contributed by atoms with Crippen LogP contribution in [0.4, 0.5) is 8.78 Å². The van der Waals surface area contributed by atoms with E-state index in [2.05, 4.69) is 4.18 Å². The van der Waals surface area contributed by atoms with Gasteiger partial charge in [-0.05, 0) is 0 Å². The fourth-order valence-corrected chi connectivity index (χ4v) is 1.22. The van der Waals surface area contributed by atoms with Crippen LogP contribution < -0.4 is 0 Å². The maximum atomic E-state index is 12.1. The predicted octanol–water partition coefficient (Wildman–Crippen LogP) is 0.495. The molecule has 0 saturated heterocycles. The van der Waals surface area contributed by atoms with E-state index in [1.54, 1.807) is 0 Å². The van der Waals surface area contributed by atoms with Crippen LogP contribution in [0.5, 0.6) is 0 Å². The largest absolute Gasteiger partial charge is 0.324 e. The third kappa shape index (κ3) is 1.32. The highest BCUT2D eigenvalue weighted by molar-refractivity contribution is 7.90. The highest BCUT2D eigenvalue weighted by Crippen LogP contribution is 2.18. The summed E-state index contributed by atoms with van der Waals surface area (Å²) in [4.78, 5) is 0. The lowest BCUT2D eigenvalue weighted by molar-refractivity contribution is 0.221. The fourth-order valence-electron chi connectivity index (χ4n) is 0.484. The van der Waals surface area contributed by atoms with E-state index in [0.717, 1.165) is 0 Å². The monoisotopic (exact) mass is 170 g/mol. The minimum atomic E-state index is -4.24. The Kier molecular flexibility index (Phi) is 1.74. The quantitative estimate of drug-likeness (QED) is 0.497. The molecule has 0 aromatic rings. The molecule has 6 heteroatoms. The summed E-state index contributed by atoms with van der Waals surface area (Å²) in [7, 11) is -4.24. The Morgan fingerprint density at radius 2 is 2.30 bits per heavy atom. The van der Waals surface area contributed by atoms with E-state index in [4.69, 9.17) is 0 Å². The number of hydrogen-bond donors (Lipinski definition) is 0. The molecule has 0 amide bonds. The average molecular weight is 170 g/mol. The van der Waals surface area contributed by atoms with Gasteiger partial charge in [0, 0.05) is 6.08 Å². The highest BCUT2D eigenvalue weighted by Gasteiger charge is 2.26. The number of rotatable bonds is 0. The van der Waals surface area contributed by atoms with E-state index in [-0.39, 0.29) is 0 Å². The first-order valence-electron chi connectivity index (χ1n) is 2.43. The van der Waals surface area contributed by atoms with Crippen molar-refractivity contribution in [2.45, 2.75) is 6.17 Å². The number of hydrogen-bond acceptors (Lipinski definition) is 3. The first kappa shape index (κ1) is 7.62. The van der Waals surface area contributed by atoms with Crippen LogP contribution in [0.25, 0.3) is 0 Å². The molecular weight excluding hydrogens is 166 g/mol. The van der Waals surface area contributed by atoms with Gasteiger partial charge in [-0.1, -0.05) is 0 Å². The zero-order valence-corrected chi connectivity index (χ0v) is 5.57. The molecular formula is C4H4F2O3S. The Hall–Kier alpha value is -0.490. The van der Waals surface area contributed by atoms with Gasteiger partial charge in [0.2, 0.25) is 5.16 Å². The van der Waals surface area contributed by atoms with Crippen LogP contribution in [0, 0.1) is 0 Å². The average Bonchev–Trinajstić information content (AvgIpc) is 1.81. The van der Waals surface area contributed by atoms with Crippen LogP contribution in [0.3, 0.4) is 0 Å². The van der Waals surface area contributed by atoms with Crippen LogP contribution >= 0.6 is 0 Å². The van der Waals surface area contributed by atoms with Gasteiger partial charge in [0.1, 0.15) is 12.8 Å². The molecule has 10 heavy (non-hydrogen) atoms. The molecule has 1 heterocycles. The SMILES string of the molecule is O=S1(=O)OCC(F)C=C1F. The van der Waals surface area contributed by atoms with Gasteiger partial charge in [0.05, 0.1) is 0 Å². The van der Waals surface area contributed by atoms with E-state index < -0.39 is 28.1 Å². The lowest BCUT2D eigenvalue weighted by Crippen LogP contribution is -2.20. The maximum absolute atomic E-state index is 12.1. The molecule has 3 nitrogen and oxygen atoms in total. The second-order valence-electron chi connectivity index (χ2n) is 1.73. The summed E-state index contributed by atoms with van der Waals surface area (Å²) in [5.41, 5.74) is 0. The van der Waals surface area contributed by atoms with E-state index in [0.29, 0.717) is 6.08 Å². The van der Waals surface area contributed by atoms with Gasteiger partial charge in [0.25, 0.3) is 0 Å². The van der Waals surface area contributed by atoms with Crippen molar-refractivity contribution in [1.29, 1.82) is 0 Å². The van der Waals surface area contributed by atoms with Gasteiger partial charge < -0.3 is 0 Å². The zero-order chi connectivity index (χ0) is 7.78. The molecule has 0 N–H and O–H groups in total. The van der Waals surface area contributed by atoms with Crippen molar-refractivity contribution in [3.63, 3.8) is 0 Å². The van der Waals surface area contributed by atoms with Gasteiger partial charge in [-0.3, -0.25) is 4.18 Å². The van der Waals surface area contributed by atoms with Crippen LogP contribution in [0.1, 0.15) is 0 Å². The van der Waals surface area contributed by atoms with Crippen LogP contribution in [-0.2, 0) is 14.3 Å². The molecule has 0 radical (unpaired) electrons. The lowest BCUT2D eigenvalue weighted by atomic mass is 10.4. The molecule has 1 aliphatic rings. The molecule has 0 aromatic carbocycles. The van der Waals surface area contributed by atoms with Gasteiger partial charge in [0.15, 0.2) is 0 Å². The van der Waals surface area contributed by atoms with E-state index in [9.17, 15) is 17.2 Å². The Morgan fingerprint density at radius 3 is 2.70 bits per heavy atom. The van der Waals surface area contributed by atoms with Crippen LogP contribution in [-0.4, -0.2) is 21.2 Å². The van der Waals surface area contributed by atoms with Crippen molar-refractivity contribution >= 4 is 10.1 Å². The molecule has 0 saturated carbocycles. The maximum Gasteiger partial charge on any atom is 0.324 e. The van der Waals surface area contributed by atoms with Gasteiger partial charge >= 0.3 is 10.1 Å². The Labute approximate surface area is 56.4 Å². The van der Waals surface area contributed by atoms with Gasteiger partial charge in [-0.25, -0.2) is 4.39 Å². The van der Waals surface area contributed by atoms with Gasteiger partial charge in [-0.15, -0.1) is 0 Å². The van der Waals surface area contributed by atoms with Crippen molar-refractivity contribution in [2.24, 2.45) is 0 Å². The summed E-state index contributed by atoms with van der Waals surface area (Å²) < 4.78 is 48.6. The van der Waals surface area contributed by atoms with Crippen LogP contribution in [0.2, 0.25) is 0 Å². The molecule has 0 fully saturated rings. The first-order valence-corrected chi connectivity index (χ1v) is 3.84. The fraction of sp³-hybridized carbons (Fsp3) is 0.500. The highest BCUT2D eigenvalue weighted by atomic mass is 32.2. The summed E-state index contributed by atoms with van der Waals surface area (Å²) in [6.07, 6.45) is -1.29. The molecule has 58 valence electrons. The number of alkyl halides is 1. The molecule has 1 rings (SSSR count). The van der Waals surface area contributed by atoms with Crippen molar-refractivity contribution in [1.82, 2.24) is 0 Å². The normalized spacial score (nSPS) is 31.4. The van der Waals surface area contributed by atoms with Crippen LogP contribution in [0.15, 0.2) is 11.2 Å². The van der Waals surface area contributed by atoms with Crippen molar-refractivity contribution in [3.05, 3.63) is 11.2 Å². The molecule has 0 aliphatic carbocycles. The molecule has 1 aliphatic heterocycles. The standard InChI is InChI=1S/C4H4F2O3S/c5-3-1-4(6)10(7,8)9-2-3/h1,3H,2H2. The number of halogens is 2. The third-order valence-electron chi connectivity index (χ3n) is 0.933. The second-order valence-corrected chi connectivity index (χ2v) is 3.26. The Bertz CT molecular complexity index is 256. The minimum absolute atomic E-state index is 0.374. The summed E-state index contributed by atoms with van der Waals surface area (Å²) in [5.74, 6) is 0. The Balaban J connectivity index is 3.00. The van der Waals surface area contributed by atoms with Crippen molar-refractivity contribution in [3.8, 4) is 0 Å². The summed E-state index contributed by atoms with van der Waals surface area (Å²) >= 11 is 0. The lowest BCUT2D eigenvalue weighted by Gasteiger charge is -2.10. The van der Waals surface area contributed by atoms with E-state index in [1.807, 2.05) is 0 Å². The molecule has 0 aromatic heterocycles. The molecule has 0 bridgehead atoms. The Morgan fingerprint density at radius 1 is 1.70 bits per heavy atom. The van der Waals surface area contributed by atoms with E-state index >= 15 is 0 Å². The minimum Gasteiger partial charge on any atom is -0.261 e. The first-order chi connectivity index (χ1) is 4.52. The summed E-state index contributed by atoms with van der Waals surface area (Å²) in [5, 5.41) is -1.55. The molecule has 0 spiro atoms. The predicted molar refractivity (Wildman–Crippen MR) is 29.0 cm³/mol. The van der Waals surface area contributed by atoms with Gasteiger partial charge in [-0.2, -0.15) is 12.8 Å². The molecule has 1 unspecified atom stereocenters. The molecule has 1 atom stereocenters. The smallest absolute Gasteiger partial charge is 0.261 e. The second kappa shape index (κ2) is 2.28. The third-order valence-corrected chi connectivity index (χ3v) is 1.99.